The number of anilines is 1. The van der Waals surface area contributed by atoms with Gasteiger partial charge in [-0.25, -0.2) is 0 Å². The van der Waals surface area contributed by atoms with Gasteiger partial charge in [0, 0.05) is 12.1 Å². The highest BCUT2D eigenvalue weighted by atomic mass is 16.2. The summed E-state index contributed by atoms with van der Waals surface area (Å²) in [5.41, 5.74) is 2.52. The van der Waals surface area contributed by atoms with Crippen LogP contribution in [-0.4, -0.2) is 36.3 Å². The summed E-state index contributed by atoms with van der Waals surface area (Å²) in [4.78, 5) is 27.1. The zero-order valence-electron chi connectivity index (χ0n) is 15.8. The van der Waals surface area contributed by atoms with E-state index in [0.29, 0.717) is 16.8 Å². The Balaban J connectivity index is 2.09. The lowest BCUT2D eigenvalue weighted by molar-refractivity contribution is 0.0959. The molecule has 0 atom stereocenters. The van der Waals surface area contributed by atoms with Crippen LogP contribution >= 0.6 is 0 Å². The second kappa shape index (κ2) is 10.1. The van der Waals surface area contributed by atoms with Gasteiger partial charge in [-0.2, -0.15) is 0 Å². The fourth-order valence-corrected chi connectivity index (χ4v) is 2.68. The number of carbonyl (C=O) groups is 2. The summed E-state index contributed by atoms with van der Waals surface area (Å²) in [6.07, 6.45) is 5.17. The van der Waals surface area contributed by atoms with Gasteiger partial charge in [-0.3, -0.25) is 14.5 Å². The standard InChI is InChI=1S/C22H25N3O2/c1-4-15-23-22(27)19-9-7-8-10-20(19)24-21(26)18-13-11-17(12-14-18)16-25(5-2)6-3/h1,7-14H,5-6,15-16H2,2-3H3,(H,23,27)(H,24,26). The van der Waals surface area contributed by atoms with Crippen LogP contribution in [0, 0.1) is 12.3 Å². The van der Waals surface area contributed by atoms with Crippen molar-refractivity contribution < 1.29 is 9.59 Å². The van der Waals surface area contributed by atoms with Crippen LogP contribution < -0.4 is 10.6 Å². The Morgan fingerprint density at radius 1 is 1.00 bits per heavy atom. The maximum Gasteiger partial charge on any atom is 0.255 e. The smallest absolute Gasteiger partial charge is 0.255 e. The maximum atomic E-state index is 12.6. The van der Waals surface area contributed by atoms with Gasteiger partial charge in [0.2, 0.25) is 0 Å². The SMILES string of the molecule is C#CCNC(=O)c1ccccc1NC(=O)c1ccc(CN(CC)CC)cc1. The molecule has 0 saturated carbocycles. The third-order valence-electron chi connectivity index (χ3n) is 4.29. The van der Waals surface area contributed by atoms with E-state index < -0.39 is 0 Å². The van der Waals surface area contributed by atoms with Crippen LogP contribution in [0.25, 0.3) is 0 Å². The van der Waals surface area contributed by atoms with Crippen molar-refractivity contribution in [2.75, 3.05) is 25.0 Å². The van der Waals surface area contributed by atoms with Crippen molar-refractivity contribution >= 4 is 17.5 Å². The normalized spacial score (nSPS) is 10.3. The minimum atomic E-state index is -0.321. The van der Waals surface area contributed by atoms with E-state index in [1.807, 2.05) is 12.1 Å². The molecule has 0 aliphatic heterocycles. The molecule has 0 radical (unpaired) electrons. The molecular weight excluding hydrogens is 338 g/mol. The molecule has 5 heteroatoms. The highest BCUT2D eigenvalue weighted by molar-refractivity contribution is 6.09. The molecule has 2 amide bonds. The number of carbonyl (C=O) groups excluding carboxylic acids is 2. The van der Waals surface area contributed by atoms with Crippen LogP contribution in [-0.2, 0) is 6.54 Å². The fourth-order valence-electron chi connectivity index (χ4n) is 2.68. The molecule has 2 N–H and O–H groups in total. The number of rotatable bonds is 8. The molecule has 0 unspecified atom stereocenters. The Labute approximate surface area is 160 Å². The molecule has 2 aromatic carbocycles. The van der Waals surface area contributed by atoms with Crippen LogP contribution in [0.2, 0.25) is 0 Å². The van der Waals surface area contributed by atoms with Crippen LogP contribution in [0.4, 0.5) is 5.69 Å². The van der Waals surface area contributed by atoms with Gasteiger partial charge in [0.1, 0.15) is 0 Å². The van der Waals surface area contributed by atoms with E-state index in [0.717, 1.165) is 25.2 Å². The van der Waals surface area contributed by atoms with E-state index >= 15 is 0 Å². The van der Waals surface area contributed by atoms with Crippen molar-refractivity contribution in [3.63, 3.8) is 0 Å². The molecule has 0 bridgehead atoms. The van der Waals surface area contributed by atoms with E-state index in [9.17, 15) is 9.59 Å². The monoisotopic (exact) mass is 363 g/mol. The zero-order chi connectivity index (χ0) is 19.6. The van der Waals surface area contributed by atoms with E-state index in [1.165, 1.54) is 0 Å². The first-order chi connectivity index (χ1) is 13.1. The lowest BCUT2D eigenvalue weighted by Gasteiger charge is -2.18. The predicted octanol–water partition coefficient (Wildman–Crippen LogP) is 3.14. The quantitative estimate of drug-likeness (QED) is 0.709. The Morgan fingerprint density at radius 3 is 2.30 bits per heavy atom. The molecule has 0 fully saturated rings. The van der Waals surface area contributed by atoms with Gasteiger partial charge in [-0.05, 0) is 42.9 Å². The molecular formula is C22H25N3O2. The number of nitrogens with zero attached hydrogens (tertiary/aromatic N) is 1. The van der Waals surface area contributed by atoms with Gasteiger partial charge in [-0.15, -0.1) is 6.42 Å². The summed E-state index contributed by atoms with van der Waals surface area (Å²) in [7, 11) is 0. The van der Waals surface area contributed by atoms with Crippen LogP contribution in [0.5, 0.6) is 0 Å². The third kappa shape index (κ3) is 5.70. The third-order valence-corrected chi connectivity index (χ3v) is 4.29. The van der Waals surface area contributed by atoms with Crippen LogP contribution in [0.3, 0.4) is 0 Å². The molecule has 0 aliphatic carbocycles. The summed E-state index contributed by atoms with van der Waals surface area (Å²) >= 11 is 0. The van der Waals surface area contributed by atoms with Gasteiger partial charge in [0.15, 0.2) is 0 Å². The first-order valence-electron chi connectivity index (χ1n) is 9.02. The highest BCUT2D eigenvalue weighted by Gasteiger charge is 2.13. The predicted molar refractivity (Wildman–Crippen MR) is 109 cm³/mol. The molecule has 0 aliphatic rings. The van der Waals surface area contributed by atoms with Crippen molar-refractivity contribution in [1.29, 1.82) is 0 Å². The Kier molecular flexibility index (Phi) is 7.60. The fraction of sp³-hybridized carbons (Fsp3) is 0.273. The van der Waals surface area contributed by atoms with Crippen molar-refractivity contribution in [3.8, 4) is 12.3 Å². The van der Waals surface area contributed by atoms with Crippen LogP contribution in [0.1, 0.15) is 40.1 Å². The van der Waals surface area contributed by atoms with Gasteiger partial charge >= 0.3 is 0 Å². The topological polar surface area (TPSA) is 61.4 Å². The number of para-hydroxylation sites is 1. The molecule has 0 spiro atoms. The van der Waals surface area contributed by atoms with Crippen molar-refractivity contribution in [1.82, 2.24) is 10.2 Å². The lowest BCUT2D eigenvalue weighted by Crippen LogP contribution is -2.25. The number of terminal acetylenes is 1. The largest absolute Gasteiger partial charge is 0.341 e. The molecule has 140 valence electrons. The van der Waals surface area contributed by atoms with Gasteiger partial charge in [-0.1, -0.05) is 44.0 Å². The summed E-state index contributed by atoms with van der Waals surface area (Å²) in [6, 6.07) is 14.4. The summed E-state index contributed by atoms with van der Waals surface area (Å²) in [5, 5.41) is 5.41. The van der Waals surface area contributed by atoms with Crippen molar-refractivity contribution in [2.45, 2.75) is 20.4 Å². The van der Waals surface area contributed by atoms with Gasteiger partial charge < -0.3 is 10.6 Å². The first kappa shape index (κ1) is 20.2. The van der Waals surface area contributed by atoms with E-state index in [-0.39, 0.29) is 18.4 Å². The zero-order valence-corrected chi connectivity index (χ0v) is 15.8. The van der Waals surface area contributed by atoms with E-state index in [1.54, 1.807) is 36.4 Å². The average molecular weight is 363 g/mol. The summed E-state index contributed by atoms with van der Waals surface area (Å²) in [6.45, 7) is 7.21. The van der Waals surface area contributed by atoms with Gasteiger partial charge in [0.25, 0.3) is 11.8 Å². The van der Waals surface area contributed by atoms with Crippen molar-refractivity contribution in [3.05, 3.63) is 65.2 Å². The summed E-state index contributed by atoms with van der Waals surface area (Å²) < 4.78 is 0. The molecule has 2 aromatic rings. The number of amides is 2. The maximum absolute atomic E-state index is 12.6. The Hall–Kier alpha value is -3.10. The molecule has 27 heavy (non-hydrogen) atoms. The molecule has 2 rings (SSSR count). The molecule has 0 saturated heterocycles. The van der Waals surface area contributed by atoms with E-state index in [2.05, 4.69) is 35.3 Å². The second-order valence-electron chi connectivity index (χ2n) is 6.04. The summed E-state index contributed by atoms with van der Waals surface area (Å²) in [5.74, 6) is 1.78. The second-order valence-corrected chi connectivity index (χ2v) is 6.04. The average Bonchev–Trinajstić information content (AvgIpc) is 2.71. The minimum absolute atomic E-state index is 0.134. The number of hydrogen-bond acceptors (Lipinski definition) is 3. The number of hydrogen-bond donors (Lipinski definition) is 2. The number of nitrogens with one attached hydrogen (secondary N) is 2. The molecule has 0 aromatic heterocycles. The molecule has 0 heterocycles. The van der Waals surface area contributed by atoms with Gasteiger partial charge in [0.05, 0.1) is 17.8 Å². The highest BCUT2D eigenvalue weighted by Crippen LogP contribution is 2.17. The Morgan fingerprint density at radius 2 is 1.67 bits per heavy atom. The minimum Gasteiger partial charge on any atom is -0.341 e. The Bertz CT molecular complexity index is 818. The number of benzene rings is 2. The lowest BCUT2D eigenvalue weighted by atomic mass is 10.1. The first-order valence-corrected chi connectivity index (χ1v) is 9.02. The van der Waals surface area contributed by atoms with Crippen molar-refractivity contribution in [2.24, 2.45) is 0 Å². The van der Waals surface area contributed by atoms with E-state index in [4.69, 9.17) is 6.42 Å². The molecule has 5 nitrogen and oxygen atoms in total. The van der Waals surface area contributed by atoms with Crippen LogP contribution in [0.15, 0.2) is 48.5 Å².